The summed E-state index contributed by atoms with van der Waals surface area (Å²) >= 11 is 0. The maximum absolute atomic E-state index is 12.7. The number of carbonyl (C=O) groups is 2. The molecule has 0 radical (unpaired) electrons. The zero-order valence-electron chi connectivity index (χ0n) is 16.7. The highest BCUT2D eigenvalue weighted by Gasteiger charge is 2.20. The fraction of sp³-hybridized carbons (Fsp3) is 0.364. The number of anilines is 1. The van der Waals surface area contributed by atoms with Gasteiger partial charge in [0.2, 0.25) is 5.91 Å². The fourth-order valence-corrected chi connectivity index (χ4v) is 3.44. The first-order chi connectivity index (χ1) is 14.0. The van der Waals surface area contributed by atoms with Gasteiger partial charge >= 0.3 is 6.03 Å². The molecule has 3 amide bonds. The van der Waals surface area contributed by atoms with E-state index in [0.717, 1.165) is 37.4 Å². The molecule has 1 fully saturated rings. The van der Waals surface area contributed by atoms with E-state index in [1.165, 1.54) is 5.69 Å². The van der Waals surface area contributed by atoms with Gasteiger partial charge in [0.1, 0.15) is 0 Å². The summed E-state index contributed by atoms with van der Waals surface area (Å²) in [7, 11) is 1.77. The van der Waals surface area contributed by atoms with E-state index in [2.05, 4.69) is 22.3 Å². The van der Waals surface area contributed by atoms with Crippen LogP contribution in [0.25, 0.3) is 0 Å². The molecule has 0 spiro atoms. The van der Waals surface area contributed by atoms with E-state index in [0.29, 0.717) is 6.54 Å². The molecule has 7 nitrogen and oxygen atoms in total. The van der Waals surface area contributed by atoms with Crippen LogP contribution in [0.5, 0.6) is 0 Å². The fourth-order valence-electron chi connectivity index (χ4n) is 3.44. The predicted octanol–water partition coefficient (Wildman–Crippen LogP) is 2.28. The average molecular weight is 396 g/mol. The van der Waals surface area contributed by atoms with Gasteiger partial charge < -0.3 is 25.6 Å². The molecule has 1 saturated heterocycles. The lowest BCUT2D eigenvalue weighted by Crippen LogP contribution is -2.37. The lowest BCUT2D eigenvalue weighted by atomic mass is 10.0. The van der Waals surface area contributed by atoms with Gasteiger partial charge in [0, 0.05) is 32.4 Å². The van der Waals surface area contributed by atoms with Crippen LogP contribution < -0.4 is 16.0 Å². The third kappa shape index (κ3) is 5.96. The maximum atomic E-state index is 12.7. The van der Waals surface area contributed by atoms with E-state index in [1.807, 2.05) is 42.5 Å². The molecule has 1 heterocycles. The number of amides is 3. The van der Waals surface area contributed by atoms with E-state index in [4.69, 9.17) is 10.5 Å². The number of benzene rings is 2. The molecule has 0 aromatic heterocycles. The van der Waals surface area contributed by atoms with Crippen molar-refractivity contribution >= 4 is 17.6 Å². The molecular weight excluding hydrogens is 368 g/mol. The number of morpholine rings is 1. The number of ether oxygens (including phenoxy) is 1. The van der Waals surface area contributed by atoms with Crippen LogP contribution in [-0.4, -0.2) is 50.2 Å². The Morgan fingerprint density at radius 2 is 1.76 bits per heavy atom. The molecule has 2 aromatic rings. The average Bonchev–Trinajstić information content (AvgIpc) is 2.74. The van der Waals surface area contributed by atoms with Gasteiger partial charge in [-0.05, 0) is 23.3 Å². The van der Waals surface area contributed by atoms with E-state index in [1.54, 1.807) is 11.9 Å². The Labute approximate surface area is 171 Å². The number of primary amides is 1. The van der Waals surface area contributed by atoms with Crippen LogP contribution in [0.3, 0.4) is 0 Å². The first-order valence-electron chi connectivity index (χ1n) is 9.79. The minimum absolute atomic E-state index is 0.0649. The quantitative estimate of drug-likeness (QED) is 0.752. The summed E-state index contributed by atoms with van der Waals surface area (Å²) < 4.78 is 5.39. The normalized spacial score (nSPS) is 14.9. The van der Waals surface area contributed by atoms with Gasteiger partial charge in [-0.15, -0.1) is 0 Å². The number of hydrogen-bond donors (Lipinski definition) is 2. The van der Waals surface area contributed by atoms with Crippen molar-refractivity contribution in [3.63, 3.8) is 0 Å². The molecule has 2 aromatic carbocycles. The molecule has 154 valence electrons. The van der Waals surface area contributed by atoms with Crippen LogP contribution in [0.15, 0.2) is 54.6 Å². The molecule has 1 aliphatic rings. The van der Waals surface area contributed by atoms with Gasteiger partial charge in [-0.3, -0.25) is 4.79 Å². The molecule has 1 atom stereocenters. The number of carbonyl (C=O) groups excluding carboxylic acids is 2. The van der Waals surface area contributed by atoms with Crippen molar-refractivity contribution in [3.8, 4) is 0 Å². The molecule has 1 aliphatic heterocycles. The van der Waals surface area contributed by atoms with E-state index < -0.39 is 12.1 Å². The molecule has 3 rings (SSSR count). The summed E-state index contributed by atoms with van der Waals surface area (Å²) in [5.74, 6) is -0.0649. The molecule has 0 unspecified atom stereocenters. The highest BCUT2D eigenvalue weighted by molar-refractivity contribution is 5.78. The van der Waals surface area contributed by atoms with Gasteiger partial charge in [-0.1, -0.05) is 42.5 Å². The van der Waals surface area contributed by atoms with E-state index in [-0.39, 0.29) is 12.3 Å². The highest BCUT2D eigenvalue weighted by atomic mass is 16.5. The molecule has 0 aliphatic carbocycles. The molecule has 7 heteroatoms. The first-order valence-corrected chi connectivity index (χ1v) is 9.79. The summed E-state index contributed by atoms with van der Waals surface area (Å²) in [6, 6.07) is 16.5. The van der Waals surface area contributed by atoms with Crippen molar-refractivity contribution in [2.75, 3.05) is 38.3 Å². The Hall–Kier alpha value is -3.06. The van der Waals surface area contributed by atoms with Gasteiger partial charge in [-0.2, -0.15) is 0 Å². The minimum atomic E-state index is -0.645. The number of nitrogens with one attached hydrogen (secondary N) is 1. The van der Waals surface area contributed by atoms with E-state index >= 15 is 0 Å². The molecule has 0 bridgehead atoms. The number of nitrogens with zero attached hydrogens (tertiary/aromatic N) is 2. The standard InChI is InChI=1S/C22H28N4O3/c1-25(16-17-7-9-19(10-8-17)26-11-13-29-14-12-26)21(27)15-20(24-22(23)28)18-5-3-2-4-6-18/h2-10,20H,11-16H2,1H3,(H3,23,24,28)/t20-/m0/s1. The monoisotopic (exact) mass is 396 g/mol. The van der Waals surface area contributed by atoms with Crippen LogP contribution in [0.2, 0.25) is 0 Å². The molecule has 0 saturated carbocycles. The van der Waals surface area contributed by atoms with Crippen LogP contribution in [0, 0.1) is 0 Å². The van der Waals surface area contributed by atoms with E-state index in [9.17, 15) is 9.59 Å². The zero-order valence-corrected chi connectivity index (χ0v) is 16.7. The summed E-state index contributed by atoms with van der Waals surface area (Å²) in [5, 5.41) is 2.67. The van der Waals surface area contributed by atoms with Crippen molar-refractivity contribution in [2.24, 2.45) is 5.73 Å². The van der Waals surface area contributed by atoms with Crippen LogP contribution in [0.1, 0.15) is 23.6 Å². The molecule has 29 heavy (non-hydrogen) atoms. The second-order valence-electron chi connectivity index (χ2n) is 7.19. The van der Waals surface area contributed by atoms with Gasteiger partial charge in [-0.25, -0.2) is 4.79 Å². The summed E-state index contributed by atoms with van der Waals surface area (Å²) in [5.41, 5.74) is 8.37. The predicted molar refractivity (Wildman–Crippen MR) is 112 cm³/mol. The van der Waals surface area contributed by atoms with Gasteiger partial charge in [0.25, 0.3) is 0 Å². The van der Waals surface area contributed by atoms with Crippen LogP contribution >= 0.6 is 0 Å². The summed E-state index contributed by atoms with van der Waals surface area (Å²) in [4.78, 5) is 28.1. The highest BCUT2D eigenvalue weighted by Crippen LogP contribution is 2.20. The Morgan fingerprint density at radius 1 is 1.10 bits per heavy atom. The van der Waals surface area contributed by atoms with Gasteiger partial charge in [0.15, 0.2) is 0 Å². The molecular formula is C22H28N4O3. The Kier molecular flexibility index (Phi) is 7.08. The largest absolute Gasteiger partial charge is 0.378 e. The Morgan fingerprint density at radius 3 is 2.38 bits per heavy atom. The van der Waals surface area contributed by atoms with Crippen molar-refractivity contribution in [1.29, 1.82) is 0 Å². The smallest absolute Gasteiger partial charge is 0.312 e. The molecule has 3 N–H and O–H groups in total. The Balaban J connectivity index is 1.59. The number of nitrogens with two attached hydrogens (primary N) is 1. The van der Waals surface area contributed by atoms with Crippen molar-refractivity contribution < 1.29 is 14.3 Å². The first kappa shape index (κ1) is 20.7. The number of rotatable bonds is 7. The second kappa shape index (κ2) is 9.93. The lowest BCUT2D eigenvalue weighted by molar-refractivity contribution is -0.130. The topological polar surface area (TPSA) is 87.9 Å². The van der Waals surface area contributed by atoms with Crippen LogP contribution in [0.4, 0.5) is 10.5 Å². The lowest BCUT2D eigenvalue weighted by Gasteiger charge is -2.29. The third-order valence-electron chi connectivity index (χ3n) is 5.06. The van der Waals surface area contributed by atoms with Crippen LogP contribution in [-0.2, 0) is 16.1 Å². The Bertz CT molecular complexity index is 805. The number of urea groups is 1. The van der Waals surface area contributed by atoms with Gasteiger partial charge in [0.05, 0.1) is 25.7 Å². The summed E-state index contributed by atoms with van der Waals surface area (Å²) in [6.45, 7) is 3.79. The SMILES string of the molecule is CN(Cc1ccc(N2CCOCC2)cc1)C(=O)C[C@H](NC(N)=O)c1ccccc1. The van der Waals surface area contributed by atoms with Crippen molar-refractivity contribution in [1.82, 2.24) is 10.2 Å². The second-order valence-corrected chi connectivity index (χ2v) is 7.19. The third-order valence-corrected chi connectivity index (χ3v) is 5.06. The van der Waals surface area contributed by atoms with Crippen molar-refractivity contribution in [2.45, 2.75) is 19.0 Å². The maximum Gasteiger partial charge on any atom is 0.312 e. The number of hydrogen-bond acceptors (Lipinski definition) is 4. The minimum Gasteiger partial charge on any atom is -0.378 e. The zero-order chi connectivity index (χ0) is 20.6. The van der Waals surface area contributed by atoms with Crippen molar-refractivity contribution in [3.05, 3.63) is 65.7 Å². The summed E-state index contributed by atoms with van der Waals surface area (Å²) in [6.07, 6.45) is 0.148.